The third kappa shape index (κ3) is 4.71. The molecule has 0 aliphatic rings. The second-order valence-corrected chi connectivity index (χ2v) is 6.60. The standard InChI is InChI=1S/C22H23FN2O5/c1-14(26)25(12-15-5-7-17(23)8-6-15)13-18-11-19(30-24-18)16-9-20(27-2)22(29-4)21(10-16)28-3/h5-11H,12-13H2,1-4H3. The number of carbonyl (C=O) groups is 1. The van der Waals surface area contributed by atoms with E-state index in [0.29, 0.717) is 40.8 Å². The van der Waals surface area contributed by atoms with Gasteiger partial charge >= 0.3 is 0 Å². The second kappa shape index (κ2) is 9.30. The minimum Gasteiger partial charge on any atom is -0.493 e. The van der Waals surface area contributed by atoms with E-state index in [0.717, 1.165) is 5.56 Å². The number of nitrogens with zero attached hydrogens (tertiary/aromatic N) is 2. The van der Waals surface area contributed by atoms with Gasteiger partial charge in [-0.1, -0.05) is 17.3 Å². The van der Waals surface area contributed by atoms with Gasteiger partial charge in [0, 0.05) is 25.1 Å². The summed E-state index contributed by atoms with van der Waals surface area (Å²) in [7, 11) is 4.60. The molecule has 0 fully saturated rings. The van der Waals surface area contributed by atoms with Crippen LogP contribution in [0.25, 0.3) is 11.3 Å². The third-order valence-electron chi connectivity index (χ3n) is 4.59. The van der Waals surface area contributed by atoms with E-state index < -0.39 is 0 Å². The van der Waals surface area contributed by atoms with Gasteiger partial charge in [-0.15, -0.1) is 0 Å². The van der Waals surface area contributed by atoms with Crippen LogP contribution >= 0.6 is 0 Å². The summed E-state index contributed by atoms with van der Waals surface area (Å²) >= 11 is 0. The zero-order chi connectivity index (χ0) is 21.7. The summed E-state index contributed by atoms with van der Waals surface area (Å²) in [6.07, 6.45) is 0. The van der Waals surface area contributed by atoms with Gasteiger partial charge < -0.3 is 23.6 Å². The highest BCUT2D eigenvalue weighted by atomic mass is 19.1. The first-order chi connectivity index (χ1) is 14.4. The monoisotopic (exact) mass is 414 g/mol. The van der Waals surface area contributed by atoms with Gasteiger partial charge in [-0.05, 0) is 29.8 Å². The molecule has 0 bridgehead atoms. The molecule has 0 unspecified atom stereocenters. The Morgan fingerprint density at radius 2 is 1.63 bits per heavy atom. The predicted octanol–water partition coefficient (Wildman–Crippen LogP) is 4.06. The molecule has 8 heteroatoms. The molecule has 0 aliphatic heterocycles. The number of aromatic nitrogens is 1. The Balaban J connectivity index is 1.82. The molecule has 30 heavy (non-hydrogen) atoms. The van der Waals surface area contributed by atoms with Crippen LogP contribution in [0.5, 0.6) is 17.2 Å². The van der Waals surface area contributed by atoms with Crippen molar-refractivity contribution in [1.82, 2.24) is 10.1 Å². The van der Waals surface area contributed by atoms with E-state index in [9.17, 15) is 9.18 Å². The number of methoxy groups -OCH3 is 3. The van der Waals surface area contributed by atoms with Crippen molar-refractivity contribution in [3.63, 3.8) is 0 Å². The van der Waals surface area contributed by atoms with E-state index in [1.807, 2.05) is 0 Å². The molecule has 158 valence electrons. The summed E-state index contributed by atoms with van der Waals surface area (Å²) in [5.74, 6) is 1.51. The van der Waals surface area contributed by atoms with Crippen molar-refractivity contribution in [2.45, 2.75) is 20.0 Å². The van der Waals surface area contributed by atoms with Crippen LogP contribution < -0.4 is 14.2 Å². The zero-order valence-electron chi connectivity index (χ0n) is 17.3. The van der Waals surface area contributed by atoms with Crippen LogP contribution in [-0.2, 0) is 17.9 Å². The Hall–Kier alpha value is -3.55. The summed E-state index contributed by atoms with van der Waals surface area (Å²) in [6, 6.07) is 11.3. The Morgan fingerprint density at radius 3 is 2.17 bits per heavy atom. The maximum atomic E-state index is 13.1. The van der Waals surface area contributed by atoms with Crippen molar-refractivity contribution in [3.05, 3.63) is 59.5 Å². The summed E-state index contributed by atoms with van der Waals surface area (Å²) in [5, 5.41) is 4.08. The first-order valence-electron chi connectivity index (χ1n) is 9.21. The lowest BCUT2D eigenvalue weighted by Crippen LogP contribution is -2.27. The summed E-state index contributed by atoms with van der Waals surface area (Å²) < 4.78 is 34.7. The topological polar surface area (TPSA) is 74.0 Å². The van der Waals surface area contributed by atoms with Gasteiger partial charge in [0.1, 0.15) is 11.5 Å². The minimum absolute atomic E-state index is 0.128. The molecule has 0 N–H and O–H groups in total. The molecule has 0 radical (unpaired) electrons. The number of hydrogen-bond donors (Lipinski definition) is 0. The number of carbonyl (C=O) groups excluding carboxylic acids is 1. The highest BCUT2D eigenvalue weighted by Crippen LogP contribution is 2.41. The Kier molecular flexibility index (Phi) is 6.56. The van der Waals surface area contributed by atoms with Crippen molar-refractivity contribution in [2.75, 3.05) is 21.3 Å². The van der Waals surface area contributed by atoms with Crippen molar-refractivity contribution in [1.29, 1.82) is 0 Å². The van der Waals surface area contributed by atoms with Crippen LogP contribution in [0, 0.1) is 5.82 Å². The minimum atomic E-state index is -0.320. The van der Waals surface area contributed by atoms with Crippen LogP contribution in [0.2, 0.25) is 0 Å². The van der Waals surface area contributed by atoms with Gasteiger partial charge in [0.05, 0.1) is 27.9 Å². The van der Waals surface area contributed by atoms with Crippen LogP contribution in [0.15, 0.2) is 47.0 Å². The molecule has 3 rings (SSSR count). The molecule has 0 spiro atoms. The van der Waals surface area contributed by atoms with Gasteiger partial charge in [-0.25, -0.2) is 4.39 Å². The maximum Gasteiger partial charge on any atom is 0.220 e. The number of benzene rings is 2. The van der Waals surface area contributed by atoms with E-state index in [-0.39, 0.29) is 18.3 Å². The molecule has 7 nitrogen and oxygen atoms in total. The molecule has 0 saturated carbocycles. The molecule has 0 saturated heterocycles. The van der Waals surface area contributed by atoms with Crippen LogP contribution in [0.3, 0.4) is 0 Å². The summed E-state index contributed by atoms with van der Waals surface area (Å²) in [4.78, 5) is 13.7. The van der Waals surface area contributed by atoms with E-state index in [1.54, 1.807) is 35.2 Å². The van der Waals surface area contributed by atoms with Crippen LogP contribution in [0.4, 0.5) is 4.39 Å². The Bertz CT molecular complexity index is 992. The van der Waals surface area contributed by atoms with E-state index in [1.165, 1.54) is 40.4 Å². The van der Waals surface area contributed by atoms with Gasteiger partial charge in [0.25, 0.3) is 0 Å². The number of hydrogen-bond acceptors (Lipinski definition) is 6. The molecular formula is C22H23FN2O5. The van der Waals surface area contributed by atoms with Crippen molar-refractivity contribution >= 4 is 5.91 Å². The highest BCUT2D eigenvalue weighted by Gasteiger charge is 2.18. The van der Waals surface area contributed by atoms with Gasteiger partial charge in [0.2, 0.25) is 11.7 Å². The van der Waals surface area contributed by atoms with E-state index >= 15 is 0 Å². The zero-order valence-corrected chi connectivity index (χ0v) is 17.3. The predicted molar refractivity (Wildman–Crippen MR) is 108 cm³/mol. The van der Waals surface area contributed by atoms with Crippen molar-refractivity contribution in [2.24, 2.45) is 0 Å². The van der Waals surface area contributed by atoms with Crippen molar-refractivity contribution < 1.29 is 27.9 Å². The average Bonchev–Trinajstić information content (AvgIpc) is 3.22. The smallest absolute Gasteiger partial charge is 0.220 e. The molecule has 0 atom stereocenters. The number of halogens is 1. The number of amides is 1. The average molecular weight is 414 g/mol. The quantitative estimate of drug-likeness (QED) is 0.554. The summed E-state index contributed by atoms with van der Waals surface area (Å²) in [5.41, 5.74) is 2.09. The Labute approximate surface area is 173 Å². The van der Waals surface area contributed by atoms with Crippen LogP contribution in [-0.4, -0.2) is 37.3 Å². The largest absolute Gasteiger partial charge is 0.493 e. The second-order valence-electron chi connectivity index (χ2n) is 6.60. The summed E-state index contributed by atoms with van der Waals surface area (Å²) in [6.45, 7) is 2.06. The first-order valence-corrected chi connectivity index (χ1v) is 9.21. The highest BCUT2D eigenvalue weighted by molar-refractivity contribution is 5.73. The molecule has 1 heterocycles. The molecule has 0 aliphatic carbocycles. The van der Waals surface area contributed by atoms with Gasteiger partial charge in [-0.3, -0.25) is 4.79 Å². The third-order valence-corrected chi connectivity index (χ3v) is 4.59. The first kappa shape index (κ1) is 21.2. The molecule has 1 aromatic heterocycles. The lowest BCUT2D eigenvalue weighted by molar-refractivity contribution is -0.130. The van der Waals surface area contributed by atoms with Gasteiger partial charge in [0.15, 0.2) is 17.3 Å². The fourth-order valence-corrected chi connectivity index (χ4v) is 3.03. The SMILES string of the molecule is COc1cc(-c2cc(CN(Cc3ccc(F)cc3)C(C)=O)no2)cc(OC)c1OC. The lowest BCUT2D eigenvalue weighted by Gasteiger charge is -2.19. The van der Waals surface area contributed by atoms with E-state index in [4.69, 9.17) is 18.7 Å². The van der Waals surface area contributed by atoms with E-state index in [2.05, 4.69) is 5.16 Å². The fraction of sp³-hybridized carbons (Fsp3) is 0.273. The molecule has 2 aromatic carbocycles. The fourth-order valence-electron chi connectivity index (χ4n) is 3.03. The van der Waals surface area contributed by atoms with Gasteiger partial charge in [-0.2, -0.15) is 0 Å². The number of rotatable bonds is 8. The molecular weight excluding hydrogens is 391 g/mol. The molecule has 1 amide bonds. The van der Waals surface area contributed by atoms with Crippen molar-refractivity contribution in [3.8, 4) is 28.6 Å². The normalized spacial score (nSPS) is 10.6. The van der Waals surface area contributed by atoms with Crippen LogP contribution in [0.1, 0.15) is 18.2 Å². The maximum absolute atomic E-state index is 13.1. The Morgan fingerprint density at radius 1 is 1.00 bits per heavy atom. The number of ether oxygens (including phenoxy) is 3. The lowest BCUT2D eigenvalue weighted by atomic mass is 10.1. The molecule has 3 aromatic rings.